The average molecular weight is 194 g/mol. The molecule has 0 N–H and O–H groups in total. The Balaban J connectivity index is 2.14. The van der Waals surface area contributed by atoms with E-state index in [1.807, 2.05) is 0 Å². The van der Waals surface area contributed by atoms with Crippen molar-refractivity contribution in [3.8, 4) is 0 Å². The highest BCUT2D eigenvalue weighted by molar-refractivity contribution is 6.80. The molecule has 0 aliphatic heterocycles. The van der Waals surface area contributed by atoms with Gasteiger partial charge in [0.15, 0.2) is 0 Å². The number of allylic oxidation sites excluding steroid dienone is 2. The molecule has 0 spiro atoms. The van der Waals surface area contributed by atoms with Crippen LogP contribution < -0.4 is 0 Å². The average Bonchev–Trinajstić information content (AvgIpc) is 2.63. The lowest BCUT2D eigenvalue weighted by atomic mass is 10.1. The maximum absolute atomic E-state index is 2.59. The van der Waals surface area contributed by atoms with E-state index in [-0.39, 0.29) is 0 Å². The van der Waals surface area contributed by atoms with Crippen LogP contribution in [0.2, 0.25) is 24.2 Å². The first-order valence-electron chi connectivity index (χ1n) is 5.70. The summed E-state index contributed by atoms with van der Waals surface area (Å²) in [6, 6.07) is 0. The zero-order valence-electron chi connectivity index (χ0n) is 9.38. The van der Waals surface area contributed by atoms with Crippen LogP contribution in [-0.4, -0.2) is 8.07 Å². The minimum Gasteiger partial charge on any atom is -0.0851 e. The molecule has 3 atom stereocenters. The molecule has 2 bridgehead atoms. The summed E-state index contributed by atoms with van der Waals surface area (Å²) in [5, 5.41) is 0. The Morgan fingerprint density at radius 1 is 1.15 bits per heavy atom. The van der Waals surface area contributed by atoms with Crippen molar-refractivity contribution >= 4 is 8.07 Å². The van der Waals surface area contributed by atoms with Crippen molar-refractivity contribution in [3.63, 3.8) is 0 Å². The van der Waals surface area contributed by atoms with Crippen LogP contribution in [0.1, 0.15) is 26.7 Å². The quantitative estimate of drug-likeness (QED) is 0.459. The summed E-state index contributed by atoms with van der Waals surface area (Å²) in [5.41, 5.74) is 2.03. The molecule has 0 nitrogen and oxygen atoms in total. The molecule has 0 aromatic rings. The molecule has 74 valence electrons. The minimum absolute atomic E-state index is 0.949. The van der Waals surface area contributed by atoms with E-state index in [1.54, 1.807) is 0 Å². The zero-order valence-corrected chi connectivity index (χ0v) is 10.4. The van der Waals surface area contributed by atoms with Crippen molar-refractivity contribution in [3.05, 3.63) is 12.2 Å². The van der Waals surface area contributed by atoms with Gasteiger partial charge in [0.2, 0.25) is 0 Å². The third-order valence-electron chi connectivity index (χ3n) is 4.72. The molecule has 13 heavy (non-hydrogen) atoms. The summed E-state index contributed by atoms with van der Waals surface area (Å²) < 4.78 is 0. The van der Waals surface area contributed by atoms with Gasteiger partial charge in [-0.3, -0.25) is 0 Å². The van der Waals surface area contributed by atoms with Crippen molar-refractivity contribution in [2.75, 3.05) is 0 Å². The molecule has 0 aromatic carbocycles. The molecule has 2 rings (SSSR count). The lowest BCUT2D eigenvalue weighted by molar-refractivity contribution is 0.659. The van der Waals surface area contributed by atoms with E-state index in [0.29, 0.717) is 0 Å². The van der Waals surface area contributed by atoms with Gasteiger partial charge in [-0.2, -0.15) is 0 Å². The third kappa shape index (κ3) is 1.41. The Hall–Kier alpha value is -0.0431. The molecular formula is C12H22Si. The maximum atomic E-state index is 2.59. The van der Waals surface area contributed by atoms with Crippen LogP contribution in [0.4, 0.5) is 0 Å². The summed E-state index contributed by atoms with van der Waals surface area (Å²) in [5.74, 6) is 1.93. The van der Waals surface area contributed by atoms with Gasteiger partial charge in [-0.05, 0) is 30.2 Å². The Morgan fingerprint density at radius 2 is 1.85 bits per heavy atom. The smallest absolute Gasteiger partial charge is 0.0536 e. The van der Waals surface area contributed by atoms with Crippen LogP contribution in [-0.2, 0) is 0 Å². The standard InChI is InChI=1S/C12H22Si/c1-9(2)13(3,4)12-8-10-5-6-11(12)7-10/h5-6,9-12H,7-8H2,1-4H3. The first kappa shape index (κ1) is 9.51. The molecule has 3 unspecified atom stereocenters. The van der Waals surface area contributed by atoms with Gasteiger partial charge in [0.05, 0.1) is 8.07 Å². The lowest BCUT2D eigenvalue weighted by Crippen LogP contribution is -2.37. The van der Waals surface area contributed by atoms with Crippen LogP contribution in [0.25, 0.3) is 0 Å². The number of rotatable bonds is 2. The molecule has 1 fully saturated rings. The van der Waals surface area contributed by atoms with Crippen LogP contribution in [0, 0.1) is 11.8 Å². The second-order valence-electron chi connectivity index (χ2n) is 5.86. The monoisotopic (exact) mass is 194 g/mol. The van der Waals surface area contributed by atoms with Gasteiger partial charge in [-0.1, -0.05) is 44.6 Å². The van der Waals surface area contributed by atoms with Crippen molar-refractivity contribution in [2.45, 2.75) is 50.9 Å². The molecule has 0 saturated heterocycles. The number of hydrogen-bond donors (Lipinski definition) is 0. The largest absolute Gasteiger partial charge is 0.0851 e. The van der Waals surface area contributed by atoms with Crippen molar-refractivity contribution in [1.29, 1.82) is 0 Å². The van der Waals surface area contributed by atoms with Crippen LogP contribution in [0.3, 0.4) is 0 Å². The van der Waals surface area contributed by atoms with Gasteiger partial charge in [0, 0.05) is 0 Å². The molecule has 0 radical (unpaired) electrons. The molecule has 0 amide bonds. The highest BCUT2D eigenvalue weighted by atomic mass is 28.3. The first-order chi connectivity index (χ1) is 6.01. The van der Waals surface area contributed by atoms with E-state index >= 15 is 0 Å². The molecule has 2 aliphatic carbocycles. The van der Waals surface area contributed by atoms with Gasteiger partial charge in [0.1, 0.15) is 0 Å². The molecule has 0 aromatic heterocycles. The van der Waals surface area contributed by atoms with Crippen LogP contribution >= 0.6 is 0 Å². The Kier molecular flexibility index (Phi) is 2.18. The normalized spacial score (nSPS) is 37.8. The minimum atomic E-state index is -0.952. The van der Waals surface area contributed by atoms with E-state index < -0.39 is 8.07 Å². The molecule has 0 heterocycles. The third-order valence-corrected chi connectivity index (χ3v) is 10.3. The predicted molar refractivity (Wildman–Crippen MR) is 61.7 cm³/mol. The predicted octanol–water partition coefficient (Wildman–Crippen LogP) is 4.07. The van der Waals surface area contributed by atoms with Crippen molar-refractivity contribution < 1.29 is 0 Å². The molecule has 1 heteroatoms. The van der Waals surface area contributed by atoms with E-state index in [1.165, 1.54) is 12.8 Å². The second-order valence-corrected chi connectivity index (χ2v) is 11.4. The van der Waals surface area contributed by atoms with E-state index in [2.05, 4.69) is 39.1 Å². The number of hydrogen-bond acceptors (Lipinski definition) is 0. The van der Waals surface area contributed by atoms with Crippen LogP contribution in [0.15, 0.2) is 12.2 Å². The Morgan fingerprint density at radius 3 is 2.23 bits per heavy atom. The highest BCUT2D eigenvalue weighted by Crippen LogP contribution is 2.54. The van der Waals surface area contributed by atoms with Gasteiger partial charge in [0.25, 0.3) is 0 Å². The van der Waals surface area contributed by atoms with Crippen molar-refractivity contribution in [1.82, 2.24) is 0 Å². The van der Waals surface area contributed by atoms with E-state index in [0.717, 1.165) is 22.9 Å². The summed E-state index contributed by atoms with van der Waals surface area (Å²) in [7, 11) is -0.952. The fourth-order valence-electron chi connectivity index (χ4n) is 3.06. The topological polar surface area (TPSA) is 0 Å². The maximum Gasteiger partial charge on any atom is 0.0536 e. The van der Waals surface area contributed by atoms with E-state index in [9.17, 15) is 0 Å². The fraction of sp³-hybridized carbons (Fsp3) is 0.833. The van der Waals surface area contributed by atoms with E-state index in [4.69, 9.17) is 0 Å². The molecule has 2 aliphatic rings. The summed E-state index contributed by atoms with van der Waals surface area (Å²) >= 11 is 0. The molecule has 1 saturated carbocycles. The fourth-order valence-corrected chi connectivity index (χ4v) is 6.18. The molecular weight excluding hydrogens is 172 g/mol. The van der Waals surface area contributed by atoms with Gasteiger partial charge in [-0.15, -0.1) is 0 Å². The SMILES string of the molecule is CC(C)[Si](C)(C)C1CC2C=CC1C2. The Bertz CT molecular complexity index is 227. The second kappa shape index (κ2) is 2.98. The first-order valence-corrected chi connectivity index (χ1v) is 8.85. The lowest BCUT2D eigenvalue weighted by Gasteiger charge is -2.37. The summed E-state index contributed by atoms with van der Waals surface area (Å²) in [4.78, 5) is 0. The number of fused-ring (bicyclic) bond motifs is 2. The van der Waals surface area contributed by atoms with Crippen LogP contribution in [0.5, 0.6) is 0 Å². The van der Waals surface area contributed by atoms with Crippen molar-refractivity contribution in [2.24, 2.45) is 11.8 Å². The zero-order chi connectivity index (χ0) is 9.64. The Labute approximate surface area is 83.4 Å². The van der Waals surface area contributed by atoms with Gasteiger partial charge >= 0.3 is 0 Å². The highest BCUT2D eigenvalue weighted by Gasteiger charge is 2.45. The van der Waals surface area contributed by atoms with Gasteiger partial charge in [-0.25, -0.2) is 0 Å². The summed E-state index contributed by atoms with van der Waals surface area (Å²) in [6.07, 6.45) is 7.97. The summed E-state index contributed by atoms with van der Waals surface area (Å²) in [6.45, 7) is 10.1. The van der Waals surface area contributed by atoms with Gasteiger partial charge < -0.3 is 0 Å².